The lowest BCUT2D eigenvalue weighted by atomic mass is 10.3. The van der Waals surface area contributed by atoms with E-state index in [1.807, 2.05) is 31.3 Å². The van der Waals surface area contributed by atoms with Gasteiger partial charge in [0.15, 0.2) is 0 Å². The van der Waals surface area contributed by atoms with E-state index in [1.165, 1.54) is 24.2 Å². The van der Waals surface area contributed by atoms with Gasteiger partial charge in [-0.3, -0.25) is 0 Å². The number of likely N-dealkylation sites (N-methyl/N-ethyl adjacent to an activating group) is 1. The molecule has 0 amide bonds. The summed E-state index contributed by atoms with van der Waals surface area (Å²) in [7, 11) is 0.463. The van der Waals surface area contributed by atoms with Crippen LogP contribution in [0.25, 0.3) is 0 Å². The summed E-state index contributed by atoms with van der Waals surface area (Å²) >= 11 is 1.29. The standard InChI is InChI=1S/C13H23N3O2S2/c1-10(8-16(2)3)15-20(17,18)13-6-11(9-19-13)7-14-12-4-5-12/h6,9-10,12,14-15H,4-5,7-8H2,1-3H3. The van der Waals surface area contributed by atoms with E-state index in [1.54, 1.807) is 6.07 Å². The molecule has 1 atom stereocenters. The van der Waals surface area contributed by atoms with Crippen molar-refractivity contribution in [3.8, 4) is 0 Å². The summed E-state index contributed by atoms with van der Waals surface area (Å²) < 4.78 is 27.6. The first-order valence-corrected chi connectivity index (χ1v) is 9.21. The second kappa shape index (κ2) is 6.53. The summed E-state index contributed by atoms with van der Waals surface area (Å²) in [6.07, 6.45) is 2.47. The highest BCUT2D eigenvalue weighted by atomic mass is 32.2. The minimum absolute atomic E-state index is 0.106. The summed E-state index contributed by atoms with van der Waals surface area (Å²) in [6.45, 7) is 3.31. The van der Waals surface area contributed by atoms with Crippen molar-refractivity contribution >= 4 is 21.4 Å². The van der Waals surface area contributed by atoms with Gasteiger partial charge in [-0.25, -0.2) is 13.1 Å². The quantitative estimate of drug-likeness (QED) is 0.757. The third kappa shape index (κ3) is 4.82. The minimum atomic E-state index is -3.39. The summed E-state index contributed by atoms with van der Waals surface area (Å²) in [4.78, 5) is 1.96. The van der Waals surface area contributed by atoms with Crippen molar-refractivity contribution in [3.05, 3.63) is 17.0 Å². The van der Waals surface area contributed by atoms with Gasteiger partial charge >= 0.3 is 0 Å². The van der Waals surface area contributed by atoms with Crippen molar-refractivity contribution in [3.63, 3.8) is 0 Å². The molecular formula is C13H23N3O2S2. The van der Waals surface area contributed by atoms with Crippen LogP contribution >= 0.6 is 11.3 Å². The van der Waals surface area contributed by atoms with Crippen LogP contribution in [-0.4, -0.2) is 46.0 Å². The lowest BCUT2D eigenvalue weighted by Gasteiger charge is -2.17. The molecule has 0 bridgehead atoms. The highest BCUT2D eigenvalue weighted by Gasteiger charge is 2.22. The molecule has 0 saturated heterocycles. The highest BCUT2D eigenvalue weighted by Crippen LogP contribution is 2.23. The van der Waals surface area contributed by atoms with Gasteiger partial charge in [0.2, 0.25) is 10.0 Å². The molecule has 1 aliphatic rings. The fourth-order valence-electron chi connectivity index (χ4n) is 2.04. The lowest BCUT2D eigenvalue weighted by molar-refractivity contribution is 0.370. The van der Waals surface area contributed by atoms with Crippen LogP contribution < -0.4 is 10.0 Å². The van der Waals surface area contributed by atoms with Crippen molar-refractivity contribution in [1.82, 2.24) is 14.9 Å². The first-order chi connectivity index (χ1) is 9.37. The third-order valence-corrected chi connectivity index (χ3v) is 6.14. The second-order valence-corrected chi connectivity index (χ2v) is 8.57. The number of sulfonamides is 1. The highest BCUT2D eigenvalue weighted by molar-refractivity contribution is 7.91. The summed E-state index contributed by atoms with van der Waals surface area (Å²) in [5.74, 6) is 0. The van der Waals surface area contributed by atoms with Crippen molar-refractivity contribution in [2.24, 2.45) is 0 Å². The van der Waals surface area contributed by atoms with Crippen molar-refractivity contribution in [2.75, 3.05) is 20.6 Å². The molecule has 1 heterocycles. The van der Waals surface area contributed by atoms with Gasteiger partial charge in [0.1, 0.15) is 4.21 Å². The maximum Gasteiger partial charge on any atom is 0.250 e. The Kier molecular flexibility index (Phi) is 5.19. The van der Waals surface area contributed by atoms with Gasteiger partial charge in [-0.05, 0) is 50.9 Å². The topological polar surface area (TPSA) is 61.4 Å². The molecule has 0 aromatic carbocycles. The molecule has 0 spiro atoms. The first-order valence-electron chi connectivity index (χ1n) is 6.84. The number of nitrogens with one attached hydrogen (secondary N) is 2. The van der Waals surface area contributed by atoms with E-state index >= 15 is 0 Å². The molecule has 1 aliphatic carbocycles. The smallest absolute Gasteiger partial charge is 0.250 e. The molecule has 1 unspecified atom stereocenters. The zero-order valence-electron chi connectivity index (χ0n) is 12.2. The number of hydrogen-bond donors (Lipinski definition) is 2. The zero-order chi connectivity index (χ0) is 14.8. The Balaban J connectivity index is 1.94. The normalized spacial score (nSPS) is 17.6. The number of rotatable bonds is 8. The van der Waals surface area contributed by atoms with Gasteiger partial charge < -0.3 is 10.2 Å². The lowest BCUT2D eigenvalue weighted by Crippen LogP contribution is -2.39. The molecule has 5 nitrogen and oxygen atoms in total. The summed E-state index contributed by atoms with van der Waals surface area (Å²) in [5, 5.41) is 5.31. The average Bonchev–Trinajstić information content (AvgIpc) is 3.01. The van der Waals surface area contributed by atoms with Crippen LogP contribution in [0.2, 0.25) is 0 Å². The molecule has 1 aromatic heterocycles. The molecular weight excluding hydrogens is 294 g/mol. The van der Waals surface area contributed by atoms with E-state index in [2.05, 4.69) is 10.0 Å². The van der Waals surface area contributed by atoms with Gasteiger partial charge in [0.05, 0.1) is 0 Å². The Bertz CT molecular complexity index is 536. The van der Waals surface area contributed by atoms with Crippen molar-refractivity contribution in [2.45, 2.75) is 42.6 Å². The molecule has 2 rings (SSSR count). The van der Waals surface area contributed by atoms with Gasteiger partial charge in [0, 0.05) is 25.2 Å². The van der Waals surface area contributed by atoms with Gasteiger partial charge in [0.25, 0.3) is 0 Å². The van der Waals surface area contributed by atoms with Gasteiger partial charge in [-0.1, -0.05) is 0 Å². The fraction of sp³-hybridized carbons (Fsp3) is 0.692. The van der Waals surface area contributed by atoms with E-state index in [4.69, 9.17) is 0 Å². The monoisotopic (exact) mass is 317 g/mol. The zero-order valence-corrected chi connectivity index (χ0v) is 13.9. The van der Waals surface area contributed by atoms with Crippen LogP contribution in [0.5, 0.6) is 0 Å². The largest absolute Gasteiger partial charge is 0.310 e. The predicted molar refractivity (Wildman–Crippen MR) is 82.5 cm³/mol. The van der Waals surface area contributed by atoms with Crippen molar-refractivity contribution in [1.29, 1.82) is 0 Å². The van der Waals surface area contributed by atoms with Crippen LogP contribution in [0.3, 0.4) is 0 Å². The molecule has 1 fully saturated rings. The predicted octanol–water partition coefficient (Wildman–Crippen LogP) is 1.23. The van der Waals surface area contributed by atoms with Crippen LogP contribution in [0, 0.1) is 0 Å². The number of nitrogens with zero attached hydrogens (tertiary/aromatic N) is 1. The molecule has 114 valence electrons. The molecule has 1 saturated carbocycles. The Morgan fingerprint density at radius 1 is 1.45 bits per heavy atom. The molecule has 0 aliphatic heterocycles. The van der Waals surface area contributed by atoms with E-state index < -0.39 is 10.0 Å². The van der Waals surface area contributed by atoms with Crippen LogP contribution in [0.15, 0.2) is 15.7 Å². The van der Waals surface area contributed by atoms with Crippen molar-refractivity contribution < 1.29 is 8.42 Å². The van der Waals surface area contributed by atoms with E-state index in [0.29, 0.717) is 16.8 Å². The summed E-state index contributed by atoms with van der Waals surface area (Å²) in [5.41, 5.74) is 1.04. The molecule has 2 N–H and O–H groups in total. The van der Waals surface area contributed by atoms with Gasteiger partial charge in [-0.15, -0.1) is 11.3 Å². The maximum absolute atomic E-state index is 12.2. The molecule has 7 heteroatoms. The average molecular weight is 317 g/mol. The van der Waals surface area contributed by atoms with Gasteiger partial charge in [-0.2, -0.15) is 0 Å². The fourth-order valence-corrected chi connectivity index (χ4v) is 4.51. The minimum Gasteiger partial charge on any atom is -0.310 e. The Hall–Kier alpha value is -0.470. The maximum atomic E-state index is 12.2. The van der Waals surface area contributed by atoms with Crippen LogP contribution in [0.4, 0.5) is 0 Å². The third-order valence-electron chi connectivity index (χ3n) is 3.06. The molecule has 1 aromatic rings. The molecule has 0 radical (unpaired) electrons. The first kappa shape index (κ1) is 15.9. The number of thiophene rings is 1. The second-order valence-electron chi connectivity index (χ2n) is 5.71. The Morgan fingerprint density at radius 2 is 2.15 bits per heavy atom. The number of hydrogen-bond acceptors (Lipinski definition) is 5. The molecule has 20 heavy (non-hydrogen) atoms. The van der Waals surface area contributed by atoms with E-state index in [-0.39, 0.29) is 6.04 Å². The Labute approximate surface area is 125 Å². The SMILES string of the molecule is CC(CN(C)C)NS(=O)(=O)c1cc(CNC2CC2)cs1. The van der Waals surface area contributed by atoms with E-state index in [9.17, 15) is 8.42 Å². The van der Waals surface area contributed by atoms with Crippen LogP contribution in [0.1, 0.15) is 25.3 Å². The van der Waals surface area contributed by atoms with E-state index in [0.717, 1.165) is 12.1 Å². The Morgan fingerprint density at radius 3 is 2.75 bits per heavy atom. The summed E-state index contributed by atoms with van der Waals surface area (Å²) in [6, 6.07) is 2.29. The van der Waals surface area contributed by atoms with Crippen LogP contribution in [-0.2, 0) is 16.6 Å².